The minimum atomic E-state index is -1.23. The molecule has 8 aromatic rings. The van der Waals surface area contributed by atoms with Crippen molar-refractivity contribution >= 4 is 93.9 Å². The Balaban J connectivity index is 0.633. The van der Waals surface area contributed by atoms with Crippen LogP contribution in [-0.4, -0.2) is 167 Å². The highest BCUT2D eigenvalue weighted by atomic mass is 32.1. The van der Waals surface area contributed by atoms with Gasteiger partial charge in [-0.05, 0) is 116 Å². The maximum Gasteiger partial charge on any atom is 0.255 e. The van der Waals surface area contributed by atoms with Crippen LogP contribution in [0.15, 0.2) is 138 Å². The molecule has 7 heterocycles. The molecule has 8 amide bonds. The van der Waals surface area contributed by atoms with E-state index in [-0.39, 0.29) is 119 Å². The standard InChI is InChI=1S/C77H83N11O11S4/c1-45(40-98-59-31-64(85(38-59)73(94)55-9-6-5-7-10-55)71(92)79-34-50-14-20-53(21-15-50)68-47(3)82-43-102-68)11-26-66(90)84-62(41-100)75(96)86-39-60(32-65(86)72(93)80-35-51-16-22-54(23-17-51)69-48(4)83-44-103-69)99-58-25-24-56-36-88(74(95)61(56)30-58)77(27-8-28-77)76(97)87-37-57(89)29-63(87)70(91)78-33-49-12-18-52(19-13-49)67-46(2)81-42-101-67/h5-7,9-10,12-25,30,42-45,57,59-60,62-65,89,100H,8,11,26-29,31-41H2,1-4H3,(H,78,91)(H,79,92)(H,80,93)(H,84,90)/t45?,57-,59-,60-,62+,63+,64+,65+/m1/s1. The van der Waals surface area contributed by atoms with Crippen molar-refractivity contribution in [3.8, 4) is 37.1 Å². The molecule has 4 fully saturated rings. The minimum Gasteiger partial charge on any atom is -0.488 e. The van der Waals surface area contributed by atoms with E-state index in [1.165, 1.54) is 9.80 Å². The van der Waals surface area contributed by atoms with Crippen molar-refractivity contribution < 1.29 is 52.9 Å². The lowest BCUT2D eigenvalue weighted by Gasteiger charge is -2.49. The molecule has 13 rings (SSSR count). The number of β-amino-alcohol motifs (C(OH)–C–C–N with tert-alkyl or cyclic N) is 1. The van der Waals surface area contributed by atoms with Crippen LogP contribution in [0.2, 0.25) is 0 Å². The van der Waals surface area contributed by atoms with E-state index in [0.717, 1.165) is 65.1 Å². The van der Waals surface area contributed by atoms with Crippen LogP contribution in [0, 0.1) is 26.7 Å². The second-order valence-electron chi connectivity index (χ2n) is 27.5. The number of thiazole rings is 3. The molecule has 1 saturated carbocycles. The lowest BCUT2D eigenvalue weighted by atomic mass is 9.74. The second-order valence-corrected chi connectivity index (χ2v) is 30.4. The van der Waals surface area contributed by atoms with Crippen molar-refractivity contribution in [3.63, 3.8) is 0 Å². The van der Waals surface area contributed by atoms with Crippen LogP contribution in [0.3, 0.4) is 0 Å². The summed E-state index contributed by atoms with van der Waals surface area (Å²) >= 11 is 9.22. The van der Waals surface area contributed by atoms with Crippen molar-refractivity contribution in [1.82, 2.24) is 55.8 Å². The summed E-state index contributed by atoms with van der Waals surface area (Å²) in [5.74, 6) is -2.99. The summed E-state index contributed by atoms with van der Waals surface area (Å²) in [6.45, 7) is 8.95. The third-order valence-electron chi connectivity index (χ3n) is 20.4. The van der Waals surface area contributed by atoms with E-state index >= 15 is 0 Å². The number of benzene rings is 5. The molecule has 26 heteroatoms. The first-order valence-corrected chi connectivity index (χ1v) is 38.2. The number of hydrogen-bond acceptors (Lipinski definition) is 18. The number of carbonyl (C=O) groups is 8. The van der Waals surface area contributed by atoms with E-state index in [9.17, 15) is 43.5 Å². The topological polar surface area (TPSA) is 275 Å². The van der Waals surface area contributed by atoms with Gasteiger partial charge in [-0.25, -0.2) is 15.0 Å². The molecule has 5 aliphatic rings. The Morgan fingerprint density at radius 2 is 1.14 bits per heavy atom. The number of fused-ring (bicyclic) bond motifs is 1. The number of amides is 8. The van der Waals surface area contributed by atoms with E-state index in [1.807, 2.05) is 112 Å². The fourth-order valence-electron chi connectivity index (χ4n) is 14.5. The summed E-state index contributed by atoms with van der Waals surface area (Å²) in [7, 11) is 0. The molecule has 0 spiro atoms. The van der Waals surface area contributed by atoms with Crippen molar-refractivity contribution in [2.45, 2.75) is 153 Å². The first-order valence-electron chi connectivity index (χ1n) is 34.9. The Morgan fingerprint density at radius 1 is 0.631 bits per heavy atom. The van der Waals surface area contributed by atoms with Gasteiger partial charge in [0.2, 0.25) is 35.4 Å². The van der Waals surface area contributed by atoms with E-state index in [0.29, 0.717) is 48.1 Å². The first kappa shape index (κ1) is 72.2. The number of hydrogen-bond donors (Lipinski definition) is 6. The molecule has 0 bridgehead atoms. The first-order chi connectivity index (χ1) is 49.8. The van der Waals surface area contributed by atoms with Crippen LogP contribution in [0.4, 0.5) is 0 Å². The number of aliphatic hydroxyl groups is 1. The number of aromatic nitrogens is 3. The highest BCUT2D eigenvalue weighted by Crippen LogP contribution is 2.46. The van der Waals surface area contributed by atoms with Gasteiger partial charge in [-0.2, -0.15) is 12.6 Å². The molecular weight excluding hydrogens is 1380 g/mol. The van der Waals surface area contributed by atoms with E-state index < -0.39 is 65.7 Å². The van der Waals surface area contributed by atoms with Crippen LogP contribution in [0.5, 0.6) is 5.75 Å². The number of nitrogens with one attached hydrogen (secondary N) is 4. The van der Waals surface area contributed by atoms with Crippen molar-refractivity contribution in [3.05, 3.63) is 188 Å². The number of nitrogens with zero attached hydrogens (tertiary/aromatic N) is 7. The maximum atomic E-state index is 14.9. The molecule has 0 radical (unpaired) electrons. The Bertz CT molecular complexity index is 4430. The van der Waals surface area contributed by atoms with Crippen molar-refractivity contribution in [1.29, 1.82) is 0 Å². The maximum absolute atomic E-state index is 14.9. The SMILES string of the molecule is Cc1ncsc1-c1ccc(CNC(=O)[C@@H]2C[C@@H](OCC(C)CCC(=O)N[C@@H](CS)C(=O)N3C[C@H](Oc4ccc5c(c4)C(=O)N(C4(C(=O)N6C[C@H](O)C[C@H]6C(=O)NCc6ccc(-c7scnc7C)cc6)CCC4)C5)C[C@H]3C(=O)NCc3ccc(-c4scnc4C)cc3)CN2C(=O)c2ccccc2)cc1. The lowest BCUT2D eigenvalue weighted by molar-refractivity contribution is -0.153. The average Bonchev–Trinajstić information content (AvgIpc) is 1.62. The predicted octanol–water partition coefficient (Wildman–Crippen LogP) is 9.25. The summed E-state index contributed by atoms with van der Waals surface area (Å²) in [5.41, 5.74) is 14.2. The average molecular weight is 1470 g/mol. The highest BCUT2D eigenvalue weighted by molar-refractivity contribution is 7.80. The molecule has 3 saturated heterocycles. The molecule has 1 unspecified atom stereocenters. The van der Waals surface area contributed by atoms with Gasteiger partial charge in [0, 0.05) is 88.4 Å². The fourth-order valence-corrected chi connectivity index (χ4v) is 17.1. The van der Waals surface area contributed by atoms with Gasteiger partial charge in [0.15, 0.2) is 0 Å². The Kier molecular flexibility index (Phi) is 22.3. The molecule has 22 nitrogen and oxygen atoms in total. The molecule has 5 aromatic carbocycles. The molecule has 4 aliphatic heterocycles. The zero-order valence-electron chi connectivity index (χ0n) is 57.8. The number of thiol groups is 1. The van der Waals surface area contributed by atoms with Gasteiger partial charge < -0.3 is 55.4 Å². The predicted molar refractivity (Wildman–Crippen MR) is 396 cm³/mol. The lowest BCUT2D eigenvalue weighted by Crippen LogP contribution is -2.65. The molecule has 8 atom stereocenters. The quantitative estimate of drug-likeness (QED) is 0.0276. The van der Waals surface area contributed by atoms with Gasteiger partial charge in [0.05, 0.1) is 67.0 Å². The molecule has 3 aromatic heterocycles. The Morgan fingerprint density at radius 3 is 1.63 bits per heavy atom. The zero-order valence-corrected chi connectivity index (χ0v) is 61.1. The van der Waals surface area contributed by atoms with Gasteiger partial charge in [-0.3, -0.25) is 38.4 Å². The third kappa shape index (κ3) is 16.0. The van der Waals surface area contributed by atoms with Crippen LogP contribution in [0.1, 0.15) is 118 Å². The van der Waals surface area contributed by atoms with Crippen LogP contribution in [0.25, 0.3) is 31.3 Å². The van der Waals surface area contributed by atoms with Crippen LogP contribution >= 0.6 is 46.6 Å². The molecule has 1 aliphatic carbocycles. The van der Waals surface area contributed by atoms with E-state index in [4.69, 9.17) is 9.47 Å². The van der Waals surface area contributed by atoms with Gasteiger partial charge in [0.25, 0.3) is 11.8 Å². The number of ether oxygens (including phenoxy) is 2. The minimum absolute atomic E-state index is 0.0343. The monoisotopic (exact) mass is 1470 g/mol. The summed E-state index contributed by atoms with van der Waals surface area (Å²) in [4.78, 5) is 137. The largest absolute Gasteiger partial charge is 0.488 e. The van der Waals surface area contributed by atoms with Crippen molar-refractivity contribution in [2.75, 3.05) is 32.0 Å². The highest BCUT2D eigenvalue weighted by Gasteiger charge is 2.57. The summed E-state index contributed by atoms with van der Waals surface area (Å²) in [6, 6.07) is 33.7. The number of carbonyl (C=O) groups excluding carboxylic acids is 8. The number of aryl methyl sites for hydroxylation is 3. The van der Waals surface area contributed by atoms with Crippen LogP contribution < -0.4 is 26.0 Å². The number of rotatable bonds is 26. The zero-order chi connectivity index (χ0) is 72.1. The fraction of sp³-hybridized carbons (Fsp3) is 0.390. The normalized spacial score (nSPS) is 20.3. The van der Waals surface area contributed by atoms with E-state index in [2.05, 4.69) is 48.8 Å². The second kappa shape index (κ2) is 31.8. The van der Waals surface area contributed by atoms with Gasteiger partial charge in [0.1, 0.15) is 41.6 Å². The molecule has 5 N–H and O–H groups in total. The Labute approximate surface area is 615 Å². The van der Waals surface area contributed by atoms with Gasteiger partial charge in [-0.15, -0.1) is 34.0 Å². The molecule has 536 valence electrons. The van der Waals surface area contributed by atoms with E-state index in [1.54, 1.807) is 97.3 Å². The Hall–Kier alpha value is -9.18. The summed E-state index contributed by atoms with van der Waals surface area (Å²) < 4.78 is 13.0. The smallest absolute Gasteiger partial charge is 0.255 e. The molecular formula is C77H83N11O11S4. The summed E-state index contributed by atoms with van der Waals surface area (Å²) in [5, 5.41) is 22.9. The van der Waals surface area contributed by atoms with Gasteiger partial charge >= 0.3 is 0 Å². The number of aliphatic hydroxyl groups excluding tert-OH is 1. The molecule has 103 heavy (non-hydrogen) atoms. The van der Waals surface area contributed by atoms with Crippen molar-refractivity contribution in [2.24, 2.45) is 5.92 Å². The summed E-state index contributed by atoms with van der Waals surface area (Å²) in [6.07, 6.45) is 0.144. The van der Waals surface area contributed by atoms with Crippen LogP contribution in [-0.2, 0) is 59.7 Å². The number of likely N-dealkylation sites (tertiary alicyclic amines) is 3. The third-order valence-corrected chi connectivity index (χ3v) is 23.7. The van der Waals surface area contributed by atoms with Gasteiger partial charge in [-0.1, -0.05) is 104 Å².